The van der Waals surface area contributed by atoms with E-state index in [1.165, 1.54) is 6.20 Å². The van der Waals surface area contributed by atoms with Gasteiger partial charge in [-0.1, -0.05) is 28.9 Å². The Hall–Kier alpha value is -5.09. The highest BCUT2D eigenvalue weighted by molar-refractivity contribution is 6.30. The molecule has 2 amide bonds. The predicted molar refractivity (Wildman–Crippen MR) is 153 cm³/mol. The molecule has 0 atom stereocenters. The number of halogens is 1. The molecule has 0 aliphatic heterocycles. The van der Waals surface area contributed by atoms with Crippen LogP contribution in [0.25, 0.3) is 11.3 Å². The summed E-state index contributed by atoms with van der Waals surface area (Å²) in [6, 6.07) is 21.1. The number of nitrogens with two attached hydrogens (primary N) is 1. The van der Waals surface area contributed by atoms with E-state index in [1.807, 2.05) is 24.3 Å². The van der Waals surface area contributed by atoms with E-state index >= 15 is 0 Å². The molecule has 0 aliphatic rings. The summed E-state index contributed by atoms with van der Waals surface area (Å²) in [5.74, 6) is 0.730. The number of carbonyl (C=O) groups is 2. The van der Waals surface area contributed by atoms with Gasteiger partial charge in [0.25, 0.3) is 11.8 Å². The second-order valence-electron chi connectivity index (χ2n) is 8.97. The van der Waals surface area contributed by atoms with Gasteiger partial charge in [0.1, 0.15) is 17.3 Å². The van der Waals surface area contributed by atoms with Crippen LogP contribution in [-0.2, 0) is 6.54 Å². The second-order valence-corrected chi connectivity index (χ2v) is 9.41. The summed E-state index contributed by atoms with van der Waals surface area (Å²) in [4.78, 5) is 25.7. The van der Waals surface area contributed by atoms with Gasteiger partial charge in [0, 0.05) is 27.9 Å². The Labute approximate surface area is 234 Å². The van der Waals surface area contributed by atoms with E-state index in [0.717, 1.165) is 16.9 Å². The number of amides is 2. The fourth-order valence-corrected chi connectivity index (χ4v) is 4.16. The van der Waals surface area contributed by atoms with E-state index in [0.29, 0.717) is 45.6 Å². The number of nitrogens with zero attached hydrogens (tertiary/aromatic N) is 3. The third-order valence-electron chi connectivity index (χ3n) is 6.22. The molecular formula is C29H25ClN6O4. The number of nitrogens with one attached hydrogen (secondary N) is 2. The monoisotopic (exact) mass is 556 g/mol. The number of hydrogen-bond acceptors (Lipinski definition) is 7. The third-order valence-corrected chi connectivity index (χ3v) is 6.47. The van der Waals surface area contributed by atoms with Gasteiger partial charge in [0.2, 0.25) is 0 Å². The van der Waals surface area contributed by atoms with Crippen molar-refractivity contribution in [2.24, 2.45) is 0 Å². The number of nitrogen functional groups attached to an aromatic ring is 1. The molecule has 40 heavy (non-hydrogen) atoms. The van der Waals surface area contributed by atoms with Gasteiger partial charge in [-0.3, -0.25) is 9.59 Å². The van der Waals surface area contributed by atoms with Crippen molar-refractivity contribution < 1.29 is 18.8 Å². The van der Waals surface area contributed by atoms with Gasteiger partial charge in [-0.15, -0.1) is 0 Å². The third kappa shape index (κ3) is 5.82. The summed E-state index contributed by atoms with van der Waals surface area (Å²) in [7, 11) is 1.61. The summed E-state index contributed by atoms with van der Waals surface area (Å²) < 4.78 is 12.1. The van der Waals surface area contributed by atoms with Gasteiger partial charge in [0.15, 0.2) is 11.5 Å². The molecule has 2 heterocycles. The van der Waals surface area contributed by atoms with Gasteiger partial charge < -0.3 is 25.6 Å². The minimum Gasteiger partial charge on any atom is -0.497 e. The maximum atomic E-state index is 13.0. The molecule has 0 aliphatic carbocycles. The summed E-state index contributed by atoms with van der Waals surface area (Å²) in [6.45, 7) is 2.21. The predicted octanol–water partition coefficient (Wildman–Crippen LogP) is 5.64. The van der Waals surface area contributed by atoms with Crippen molar-refractivity contribution in [2.45, 2.75) is 13.5 Å². The molecule has 3 aromatic carbocycles. The minimum absolute atomic E-state index is 0.117. The first-order chi connectivity index (χ1) is 19.3. The number of aromatic nitrogens is 3. The second kappa shape index (κ2) is 11.3. The highest BCUT2D eigenvalue weighted by Crippen LogP contribution is 2.24. The molecule has 5 rings (SSSR count). The van der Waals surface area contributed by atoms with E-state index in [2.05, 4.69) is 20.9 Å². The van der Waals surface area contributed by atoms with E-state index in [-0.39, 0.29) is 11.6 Å². The van der Waals surface area contributed by atoms with Gasteiger partial charge >= 0.3 is 0 Å². The highest BCUT2D eigenvalue weighted by Gasteiger charge is 2.17. The molecular weight excluding hydrogens is 532 g/mol. The average Bonchev–Trinajstić information content (AvgIpc) is 3.57. The van der Waals surface area contributed by atoms with Gasteiger partial charge in [-0.25, -0.2) is 4.68 Å². The van der Waals surface area contributed by atoms with Crippen LogP contribution in [0.5, 0.6) is 5.75 Å². The summed E-state index contributed by atoms with van der Waals surface area (Å²) >= 11 is 5.92. The number of anilines is 3. The summed E-state index contributed by atoms with van der Waals surface area (Å²) in [5.41, 5.74) is 10.1. The van der Waals surface area contributed by atoms with Crippen LogP contribution >= 0.6 is 11.6 Å². The lowest BCUT2D eigenvalue weighted by Crippen LogP contribution is -2.16. The Bertz CT molecular complexity index is 1680. The molecule has 0 unspecified atom stereocenters. The molecule has 10 nitrogen and oxygen atoms in total. The van der Waals surface area contributed by atoms with E-state index in [1.54, 1.807) is 67.2 Å². The molecule has 0 saturated carbocycles. The Morgan fingerprint density at radius 3 is 2.45 bits per heavy atom. The van der Waals surface area contributed by atoms with Crippen molar-refractivity contribution in [2.75, 3.05) is 23.5 Å². The fourth-order valence-electron chi connectivity index (χ4n) is 4.03. The quantitative estimate of drug-likeness (QED) is 0.225. The van der Waals surface area contributed by atoms with Crippen LogP contribution in [0.1, 0.15) is 32.0 Å². The number of ether oxygens (including phenoxy) is 1. The number of rotatable bonds is 8. The fraction of sp³-hybridized carbons (Fsp3) is 0.103. The largest absolute Gasteiger partial charge is 0.497 e. The number of carbonyl (C=O) groups excluding carboxylic acids is 2. The lowest BCUT2D eigenvalue weighted by molar-refractivity contribution is 0.101. The topological polar surface area (TPSA) is 137 Å². The molecule has 11 heteroatoms. The van der Waals surface area contributed by atoms with E-state index in [4.69, 9.17) is 26.6 Å². The van der Waals surface area contributed by atoms with Gasteiger partial charge in [-0.05, 0) is 72.6 Å². The molecule has 5 aromatic rings. The maximum Gasteiger partial charge on any atom is 0.277 e. The molecule has 0 bridgehead atoms. The van der Waals surface area contributed by atoms with Crippen molar-refractivity contribution in [3.8, 4) is 17.1 Å². The zero-order valence-corrected chi connectivity index (χ0v) is 22.4. The average molecular weight is 557 g/mol. The SMILES string of the molecule is COc1ccc(Cn2ncc(NC(=O)c3ccc(NC(=O)c4cc(-c5ccc(Cl)cc5)on4)cc3C)c2N)cc1. The standard InChI is InChI=1S/C29H25ClN6O4/c1-17-13-21(33-29(38)24-14-26(40-35-24)19-5-7-20(30)8-6-19)9-12-23(17)28(37)34-25-15-32-36(27(25)31)16-18-3-10-22(39-2)11-4-18/h3-15H,16,31H2,1-2H3,(H,33,38)(H,34,37). The molecule has 4 N–H and O–H groups in total. The number of benzene rings is 3. The van der Waals surface area contributed by atoms with Gasteiger partial charge in [0.05, 0.1) is 19.9 Å². The van der Waals surface area contributed by atoms with Crippen LogP contribution < -0.4 is 21.1 Å². The van der Waals surface area contributed by atoms with E-state index < -0.39 is 5.91 Å². The Kier molecular flexibility index (Phi) is 7.52. The minimum atomic E-state index is -0.447. The molecule has 0 fully saturated rings. The van der Waals surface area contributed by atoms with E-state index in [9.17, 15) is 9.59 Å². The van der Waals surface area contributed by atoms with Crippen LogP contribution in [0.2, 0.25) is 5.02 Å². The van der Waals surface area contributed by atoms with Gasteiger partial charge in [-0.2, -0.15) is 5.10 Å². The van der Waals surface area contributed by atoms with Crippen molar-refractivity contribution >= 4 is 40.6 Å². The van der Waals surface area contributed by atoms with Crippen LogP contribution in [0, 0.1) is 6.92 Å². The van der Waals surface area contributed by atoms with Crippen LogP contribution in [0.4, 0.5) is 17.2 Å². The first-order valence-electron chi connectivity index (χ1n) is 12.2. The maximum absolute atomic E-state index is 13.0. The highest BCUT2D eigenvalue weighted by atomic mass is 35.5. The molecule has 202 valence electrons. The first kappa shape index (κ1) is 26.5. The first-order valence-corrected chi connectivity index (χ1v) is 12.6. The normalized spacial score (nSPS) is 10.8. The Morgan fingerprint density at radius 2 is 1.75 bits per heavy atom. The number of methoxy groups -OCH3 is 1. The molecule has 2 aromatic heterocycles. The smallest absolute Gasteiger partial charge is 0.277 e. The molecule has 0 saturated heterocycles. The lowest BCUT2D eigenvalue weighted by atomic mass is 10.1. The zero-order valence-electron chi connectivity index (χ0n) is 21.6. The van der Waals surface area contributed by atoms with Crippen molar-refractivity contribution in [3.05, 3.63) is 106 Å². The number of aryl methyl sites for hydroxylation is 1. The van der Waals surface area contributed by atoms with Crippen molar-refractivity contribution in [1.82, 2.24) is 14.9 Å². The summed E-state index contributed by atoms with van der Waals surface area (Å²) in [5, 5.41) is 14.3. The van der Waals surface area contributed by atoms with Crippen molar-refractivity contribution in [3.63, 3.8) is 0 Å². The van der Waals surface area contributed by atoms with Crippen LogP contribution in [-0.4, -0.2) is 33.9 Å². The lowest BCUT2D eigenvalue weighted by Gasteiger charge is -2.10. The molecule has 0 radical (unpaired) electrons. The summed E-state index contributed by atoms with van der Waals surface area (Å²) in [6.07, 6.45) is 1.51. The van der Waals surface area contributed by atoms with Crippen LogP contribution in [0.15, 0.2) is 83.5 Å². The number of hydrogen-bond donors (Lipinski definition) is 3. The molecule has 0 spiro atoms. The van der Waals surface area contributed by atoms with Crippen LogP contribution in [0.3, 0.4) is 0 Å². The zero-order chi connectivity index (χ0) is 28.2. The Morgan fingerprint density at radius 1 is 1.00 bits per heavy atom. The Balaban J connectivity index is 1.22. The van der Waals surface area contributed by atoms with Crippen molar-refractivity contribution in [1.29, 1.82) is 0 Å².